The molecule has 5 heteroatoms. The van der Waals surface area contributed by atoms with E-state index in [-0.39, 0.29) is 0 Å². The van der Waals surface area contributed by atoms with Crippen molar-refractivity contribution in [2.75, 3.05) is 0 Å². The molecular weight excluding hydrogens is 268 g/mol. The molecule has 0 unspecified atom stereocenters. The molecule has 0 bridgehead atoms. The summed E-state index contributed by atoms with van der Waals surface area (Å²) in [5.74, 6) is 0.417. The molecule has 0 radical (unpaired) electrons. The van der Waals surface area contributed by atoms with E-state index >= 15 is 0 Å². The molecule has 0 aliphatic rings. The molecule has 0 aromatic heterocycles. The SMILES string of the molecule is N=BOc1ccc(I)cc1C=O. The second kappa shape index (κ2) is 4.35. The molecule has 0 fully saturated rings. The van der Waals surface area contributed by atoms with Gasteiger partial charge >= 0.3 is 84.0 Å². The molecule has 12 heavy (non-hydrogen) atoms. The first kappa shape index (κ1) is 9.37. The van der Waals surface area contributed by atoms with E-state index in [1.807, 2.05) is 6.07 Å². The van der Waals surface area contributed by atoms with Crippen molar-refractivity contribution >= 4 is 36.2 Å². The number of nitrogens with one attached hydrogen (secondary N) is 1. The van der Waals surface area contributed by atoms with Crippen LogP contribution < -0.4 is 4.65 Å². The average molecular weight is 273 g/mol. The third-order valence-electron chi connectivity index (χ3n) is 1.28. The predicted octanol–water partition coefficient (Wildman–Crippen LogP) is 1.86. The Balaban J connectivity index is 3.10. The van der Waals surface area contributed by atoms with Gasteiger partial charge in [0.05, 0.1) is 0 Å². The van der Waals surface area contributed by atoms with Crippen molar-refractivity contribution in [3.8, 4) is 5.75 Å². The Morgan fingerprint density at radius 3 is 2.92 bits per heavy atom. The summed E-state index contributed by atoms with van der Waals surface area (Å²) < 4.78 is 5.75. The number of rotatable bonds is 3. The first-order chi connectivity index (χ1) is 5.77. The molecule has 1 aromatic rings. The predicted molar refractivity (Wildman–Crippen MR) is 53.6 cm³/mol. The monoisotopic (exact) mass is 273 g/mol. The van der Waals surface area contributed by atoms with Crippen LogP contribution in [0.25, 0.3) is 0 Å². The Kier molecular flexibility index (Phi) is 3.39. The van der Waals surface area contributed by atoms with E-state index in [4.69, 9.17) is 9.97 Å². The first-order valence-electron chi connectivity index (χ1n) is 3.18. The van der Waals surface area contributed by atoms with Crippen molar-refractivity contribution in [2.45, 2.75) is 0 Å². The molecule has 0 spiro atoms. The molecule has 0 amide bonds. The summed E-state index contributed by atoms with van der Waals surface area (Å²) in [5, 5.41) is 6.70. The van der Waals surface area contributed by atoms with Crippen molar-refractivity contribution in [3.63, 3.8) is 0 Å². The minimum absolute atomic E-state index is 0.417. The number of hydrogen-bond donors (Lipinski definition) is 1. The Bertz CT molecular complexity index is 316. The van der Waals surface area contributed by atoms with E-state index < -0.39 is 0 Å². The van der Waals surface area contributed by atoms with E-state index in [0.29, 0.717) is 17.6 Å². The summed E-state index contributed by atoms with van der Waals surface area (Å²) in [6.07, 6.45) is 0.709. The van der Waals surface area contributed by atoms with Crippen molar-refractivity contribution < 1.29 is 9.45 Å². The van der Waals surface area contributed by atoms with E-state index in [1.165, 1.54) is 0 Å². The van der Waals surface area contributed by atoms with E-state index in [9.17, 15) is 4.79 Å². The van der Waals surface area contributed by atoms with Crippen LogP contribution in [0, 0.1) is 8.88 Å². The van der Waals surface area contributed by atoms with Crippen LogP contribution in [0.3, 0.4) is 0 Å². The fourth-order valence-electron chi connectivity index (χ4n) is 0.782. The third kappa shape index (κ3) is 2.13. The molecule has 0 aliphatic carbocycles. The zero-order chi connectivity index (χ0) is 8.97. The fourth-order valence-corrected chi connectivity index (χ4v) is 1.30. The maximum atomic E-state index is 10.5. The number of carbonyl (C=O) groups is 1. The van der Waals surface area contributed by atoms with Gasteiger partial charge in [-0.15, -0.1) is 0 Å². The molecule has 1 rings (SSSR count). The van der Waals surface area contributed by atoms with Crippen LogP contribution in [0.15, 0.2) is 18.2 Å². The van der Waals surface area contributed by atoms with Crippen molar-refractivity contribution in [3.05, 3.63) is 27.3 Å². The number of carbonyl (C=O) groups excluding carboxylic acids is 1. The molecule has 0 atom stereocenters. The van der Waals surface area contributed by atoms with Crippen molar-refractivity contribution in [1.82, 2.24) is 0 Å². The summed E-state index contributed by atoms with van der Waals surface area (Å²) >= 11 is 2.10. The summed E-state index contributed by atoms with van der Waals surface area (Å²) in [6, 6.07) is 5.18. The van der Waals surface area contributed by atoms with Crippen LogP contribution in [0.4, 0.5) is 0 Å². The van der Waals surface area contributed by atoms with Gasteiger partial charge in [-0.2, -0.15) is 0 Å². The van der Waals surface area contributed by atoms with Crippen LogP contribution in [-0.4, -0.2) is 13.6 Å². The first-order valence-corrected chi connectivity index (χ1v) is 4.26. The molecule has 0 saturated heterocycles. The Morgan fingerprint density at radius 1 is 1.58 bits per heavy atom. The number of halogens is 1. The van der Waals surface area contributed by atoms with Gasteiger partial charge < -0.3 is 0 Å². The Hall–Kier alpha value is -0.715. The van der Waals surface area contributed by atoms with Gasteiger partial charge in [-0.3, -0.25) is 0 Å². The normalized spacial score (nSPS) is 8.75. The Labute approximate surface area is 84.0 Å². The minimum atomic E-state index is 0.417. The van der Waals surface area contributed by atoms with Gasteiger partial charge in [-0.05, 0) is 0 Å². The fraction of sp³-hybridized carbons (Fsp3) is 0. The summed E-state index contributed by atoms with van der Waals surface area (Å²) in [6.45, 7) is 0. The molecule has 0 aliphatic heterocycles. The third-order valence-corrected chi connectivity index (χ3v) is 1.96. The molecule has 1 aromatic carbocycles. The molecule has 1 N–H and O–H groups in total. The van der Waals surface area contributed by atoms with Gasteiger partial charge in [-0.25, -0.2) is 0 Å². The van der Waals surface area contributed by atoms with Gasteiger partial charge in [0.15, 0.2) is 0 Å². The van der Waals surface area contributed by atoms with Crippen LogP contribution in [-0.2, 0) is 0 Å². The average Bonchev–Trinajstić information content (AvgIpc) is 2.08. The second-order valence-electron chi connectivity index (χ2n) is 2.04. The summed E-state index contributed by atoms with van der Waals surface area (Å²) in [7, 11) is 0.801. The zero-order valence-corrected chi connectivity index (χ0v) is 8.24. The van der Waals surface area contributed by atoms with Gasteiger partial charge in [-0.1, -0.05) is 0 Å². The van der Waals surface area contributed by atoms with E-state index in [1.54, 1.807) is 12.1 Å². The quantitative estimate of drug-likeness (QED) is 0.519. The van der Waals surface area contributed by atoms with Crippen molar-refractivity contribution in [1.29, 1.82) is 5.31 Å². The number of hydrogen-bond acceptors (Lipinski definition) is 3. The topological polar surface area (TPSA) is 50.1 Å². The van der Waals surface area contributed by atoms with E-state index in [0.717, 1.165) is 10.8 Å². The molecule has 0 saturated carbocycles. The second-order valence-corrected chi connectivity index (χ2v) is 3.28. The van der Waals surface area contributed by atoms with Crippen LogP contribution in [0.5, 0.6) is 5.75 Å². The van der Waals surface area contributed by atoms with Gasteiger partial charge in [0.1, 0.15) is 0 Å². The van der Waals surface area contributed by atoms with Crippen LogP contribution in [0.1, 0.15) is 10.4 Å². The summed E-state index contributed by atoms with van der Waals surface area (Å²) in [5.41, 5.74) is 0.463. The van der Waals surface area contributed by atoms with Crippen molar-refractivity contribution in [2.24, 2.45) is 0 Å². The zero-order valence-electron chi connectivity index (χ0n) is 6.08. The maximum absolute atomic E-state index is 10.5. The number of aldehydes is 1. The Morgan fingerprint density at radius 2 is 2.33 bits per heavy atom. The molecule has 0 heterocycles. The van der Waals surface area contributed by atoms with Gasteiger partial charge in [0.2, 0.25) is 0 Å². The molecule has 60 valence electrons. The molecular formula is C7H5BINO2. The van der Waals surface area contributed by atoms with E-state index in [2.05, 4.69) is 22.6 Å². The van der Waals surface area contributed by atoms with Gasteiger partial charge in [0.25, 0.3) is 0 Å². The van der Waals surface area contributed by atoms with Crippen LogP contribution in [0.2, 0.25) is 0 Å². The van der Waals surface area contributed by atoms with Crippen LogP contribution >= 0.6 is 22.6 Å². The summed E-state index contributed by atoms with van der Waals surface area (Å²) in [4.78, 5) is 10.5. The standard InChI is InChI=1S/C7H5BINO2/c9-6-1-2-7(12-8-10)5(3-6)4-11/h1-4,10H. The van der Waals surface area contributed by atoms with Gasteiger partial charge in [0, 0.05) is 0 Å². The molecule has 3 nitrogen and oxygen atoms in total. The number of benzene rings is 1.